The molecule has 2 rings (SSSR count). The van der Waals surface area contributed by atoms with Crippen molar-refractivity contribution in [2.75, 3.05) is 7.05 Å². The Balaban J connectivity index is 2.25. The summed E-state index contributed by atoms with van der Waals surface area (Å²) in [5.74, 6) is 0. The second-order valence-electron chi connectivity index (χ2n) is 2.95. The normalized spacial score (nSPS) is 21.2. The first kappa shape index (κ1) is 8.47. The lowest BCUT2D eigenvalue weighted by Crippen LogP contribution is -3.16. The van der Waals surface area contributed by atoms with Gasteiger partial charge in [-0.1, -0.05) is 30.3 Å². The molecule has 0 fully saturated rings. The molecular weight excluding hydrogens is 182 g/mol. The highest BCUT2D eigenvalue weighted by Gasteiger charge is 2.14. The van der Waals surface area contributed by atoms with E-state index in [2.05, 4.69) is 17.6 Å². The maximum Gasteiger partial charge on any atom is 0.114 e. The molecular formula is C9H11N3S. The lowest BCUT2D eigenvalue weighted by Gasteiger charge is -2.24. The van der Waals surface area contributed by atoms with E-state index >= 15 is 0 Å². The van der Waals surface area contributed by atoms with E-state index in [-0.39, 0.29) is 0 Å². The maximum atomic E-state index is 5.08. The Kier molecular flexibility index (Phi) is 2.16. The van der Waals surface area contributed by atoms with E-state index in [0.717, 1.165) is 15.8 Å². The van der Waals surface area contributed by atoms with Crippen LogP contribution in [-0.2, 0) is 12.8 Å². The standard InChI is InChI=1S/C9H11N3S/c1-11-7-9(10-12(11)13)8-5-3-2-4-6-8/h2-7,10,12H,1H3. The molecule has 1 aliphatic heterocycles. The van der Waals surface area contributed by atoms with Gasteiger partial charge in [-0.15, -0.1) is 0 Å². The van der Waals surface area contributed by atoms with E-state index in [0.29, 0.717) is 0 Å². The maximum absolute atomic E-state index is 5.08. The van der Waals surface area contributed by atoms with Crippen LogP contribution in [-0.4, -0.2) is 12.1 Å². The summed E-state index contributed by atoms with van der Waals surface area (Å²) < 4.78 is 0.749. The summed E-state index contributed by atoms with van der Waals surface area (Å²) in [6.45, 7) is 0. The summed E-state index contributed by atoms with van der Waals surface area (Å²) in [5.41, 5.74) is 5.36. The van der Waals surface area contributed by atoms with Crippen molar-refractivity contribution in [1.29, 1.82) is 0 Å². The topological polar surface area (TPSA) is 19.7 Å². The van der Waals surface area contributed by atoms with Gasteiger partial charge >= 0.3 is 0 Å². The summed E-state index contributed by atoms with van der Waals surface area (Å²) in [7, 11) is 1.94. The van der Waals surface area contributed by atoms with Crippen LogP contribution in [0.3, 0.4) is 0 Å². The van der Waals surface area contributed by atoms with Crippen LogP contribution < -0.4 is 9.95 Å². The molecule has 1 unspecified atom stereocenters. The third kappa shape index (κ3) is 1.64. The first-order valence-corrected chi connectivity index (χ1v) is 4.49. The SMILES string of the molecule is CN1C=C(c2ccccc2)N[NH+]1[S-]. The minimum Gasteiger partial charge on any atom is -0.432 e. The Hall–Kier alpha value is -1.13. The molecule has 0 aliphatic carbocycles. The Morgan fingerprint density at radius 2 is 2.00 bits per heavy atom. The number of benzene rings is 1. The molecule has 2 N–H and O–H groups in total. The number of nitrogens with one attached hydrogen (secondary N) is 2. The average molecular weight is 193 g/mol. The molecule has 1 aliphatic rings. The van der Waals surface area contributed by atoms with Crippen LogP contribution in [0.4, 0.5) is 0 Å². The highest BCUT2D eigenvalue weighted by Crippen LogP contribution is 2.10. The van der Waals surface area contributed by atoms with Gasteiger partial charge in [0, 0.05) is 5.56 Å². The van der Waals surface area contributed by atoms with Crippen LogP contribution in [0.5, 0.6) is 0 Å². The molecule has 68 valence electrons. The first-order chi connectivity index (χ1) is 6.27. The zero-order chi connectivity index (χ0) is 9.26. The second kappa shape index (κ2) is 3.32. The van der Waals surface area contributed by atoms with Crippen molar-refractivity contribution in [2.45, 2.75) is 0 Å². The van der Waals surface area contributed by atoms with E-state index in [4.69, 9.17) is 12.8 Å². The van der Waals surface area contributed by atoms with Crippen molar-refractivity contribution in [3.8, 4) is 0 Å². The summed E-state index contributed by atoms with van der Waals surface area (Å²) in [4.78, 5) is 0. The fourth-order valence-electron chi connectivity index (χ4n) is 1.25. The van der Waals surface area contributed by atoms with Crippen molar-refractivity contribution >= 4 is 18.5 Å². The fourth-order valence-corrected chi connectivity index (χ4v) is 1.42. The Morgan fingerprint density at radius 3 is 2.54 bits per heavy atom. The minimum atomic E-state index is 0.749. The van der Waals surface area contributed by atoms with Crippen LogP contribution in [0.15, 0.2) is 36.5 Å². The van der Waals surface area contributed by atoms with Gasteiger partial charge in [0.05, 0.1) is 13.2 Å². The van der Waals surface area contributed by atoms with E-state index in [9.17, 15) is 0 Å². The van der Waals surface area contributed by atoms with Gasteiger partial charge < -0.3 is 12.8 Å². The molecule has 1 aromatic rings. The molecule has 0 amide bonds. The third-order valence-corrected chi connectivity index (χ3v) is 2.36. The van der Waals surface area contributed by atoms with Crippen molar-refractivity contribution in [1.82, 2.24) is 10.4 Å². The summed E-state index contributed by atoms with van der Waals surface area (Å²) >= 11 is 5.08. The smallest absolute Gasteiger partial charge is 0.114 e. The largest absolute Gasteiger partial charge is 0.432 e. The molecule has 0 bridgehead atoms. The number of hydrogen-bond donors (Lipinski definition) is 2. The summed E-state index contributed by atoms with van der Waals surface area (Å²) in [6, 6.07) is 10.1. The van der Waals surface area contributed by atoms with E-state index in [1.54, 1.807) is 0 Å². The van der Waals surface area contributed by atoms with Crippen LogP contribution in [0, 0.1) is 0 Å². The predicted molar refractivity (Wildman–Crippen MR) is 53.6 cm³/mol. The number of quaternary nitrogens is 1. The average Bonchev–Trinajstić information content (AvgIpc) is 2.49. The van der Waals surface area contributed by atoms with Gasteiger partial charge in [-0.25, -0.2) is 15.0 Å². The third-order valence-electron chi connectivity index (χ3n) is 1.97. The highest BCUT2D eigenvalue weighted by atomic mass is 32.1. The second-order valence-corrected chi connectivity index (χ2v) is 3.34. The molecule has 0 saturated carbocycles. The van der Waals surface area contributed by atoms with Crippen LogP contribution in [0.25, 0.3) is 5.70 Å². The van der Waals surface area contributed by atoms with Crippen molar-refractivity contribution in [3.63, 3.8) is 0 Å². The van der Waals surface area contributed by atoms with Gasteiger partial charge in [-0.05, 0) is 0 Å². The Labute approximate surface area is 83.1 Å². The van der Waals surface area contributed by atoms with Crippen LogP contribution in [0.1, 0.15) is 5.56 Å². The molecule has 0 aromatic heterocycles. The molecule has 1 heterocycles. The summed E-state index contributed by atoms with van der Waals surface area (Å²) in [6.07, 6.45) is 2.00. The molecule has 1 atom stereocenters. The molecule has 1 aromatic carbocycles. The quantitative estimate of drug-likeness (QED) is 0.597. The zero-order valence-corrected chi connectivity index (χ0v) is 8.14. The van der Waals surface area contributed by atoms with E-state index in [1.165, 1.54) is 0 Å². The zero-order valence-electron chi connectivity index (χ0n) is 7.32. The molecule has 0 spiro atoms. The highest BCUT2D eigenvalue weighted by molar-refractivity contribution is 7.51. The van der Waals surface area contributed by atoms with Crippen molar-refractivity contribution < 1.29 is 4.52 Å². The fraction of sp³-hybridized carbons (Fsp3) is 0.111. The minimum absolute atomic E-state index is 0.749. The Morgan fingerprint density at radius 1 is 1.31 bits per heavy atom. The predicted octanol–water partition coefficient (Wildman–Crippen LogP) is -0.303. The van der Waals surface area contributed by atoms with Gasteiger partial charge in [0.2, 0.25) is 0 Å². The van der Waals surface area contributed by atoms with Gasteiger partial charge in [-0.3, -0.25) is 0 Å². The van der Waals surface area contributed by atoms with Crippen LogP contribution in [0.2, 0.25) is 0 Å². The molecule has 0 radical (unpaired) electrons. The van der Waals surface area contributed by atoms with Gasteiger partial charge in [0.1, 0.15) is 5.70 Å². The van der Waals surface area contributed by atoms with Gasteiger partial charge in [-0.2, -0.15) is 0 Å². The molecule has 4 heteroatoms. The van der Waals surface area contributed by atoms with E-state index in [1.807, 2.05) is 36.5 Å². The monoisotopic (exact) mass is 193 g/mol. The van der Waals surface area contributed by atoms with Gasteiger partial charge in [0.15, 0.2) is 0 Å². The molecule has 0 saturated heterocycles. The molecule has 3 nitrogen and oxygen atoms in total. The first-order valence-electron chi connectivity index (χ1n) is 4.08. The van der Waals surface area contributed by atoms with Crippen LogP contribution >= 0.6 is 0 Å². The number of hydrogen-bond acceptors (Lipinski definition) is 3. The number of rotatable bonds is 1. The van der Waals surface area contributed by atoms with Crippen molar-refractivity contribution in [3.05, 3.63) is 42.1 Å². The van der Waals surface area contributed by atoms with Gasteiger partial charge in [0.25, 0.3) is 0 Å². The number of nitrogens with zero attached hydrogens (tertiary/aromatic N) is 1. The van der Waals surface area contributed by atoms with E-state index < -0.39 is 0 Å². The molecule has 13 heavy (non-hydrogen) atoms. The lowest BCUT2D eigenvalue weighted by atomic mass is 10.2. The Bertz CT molecular complexity index is 323. The lowest BCUT2D eigenvalue weighted by molar-refractivity contribution is -0.905. The summed E-state index contributed by atoms with van der Waals surface area (Å²) in [5, 5.41) is 1.90. The van der Waals surface area contributed by atoms with Crippen molar-refractivity contribution in [2.24, 2.45) is 0 Å².